The van der Waals surface area contributed by atoms with Crippen molar-refractivity contribution < 1.29 is 53.8 Å². The van der Waals surface area contributed by atoms with E-state index in [4.69, 9.17) is 0 Å². The van der Waals surface area contributed by atoms with Gasteiger partial charge < -0.3 is 10.2 Å². The third kappa shape index (κ3) is 13.3. The fourth-order valence-corrected chi connectivity index (χ4v) is 6.51. The molecule has 0 aliphatic carbocycles. The molecule has 0 aliphatic rings. The van der Waals surface area contributed by atoms with Crippen LogP contribution >= 0.6 is 31.9 Å². The molecule has 2 aromatic carbocycles. The quantitative estimate of drug-likeness (QED) is 0.181. The number of benzene rings is 2. The maximum absolute atomic E-state index is 14.2. The van der Waals surface area contributed by atoms with Gasteiger partial charge >= 0.3 is 12.4 Å². The molecule has 2 aromatic rings. The van der Waals surface area contributed by atoms with Crippen LogP contribution in [0.4, 0.5) is 35.1 Å². The van der Waals surface area contributed by atoms with E-state index in [-0.39, 0.29) is 11.1 Å². The number of halogens is 10. The van der Waals surface area contributed by atoms with Crippen LogP contribution in [0.2, 0.25) is 0 Å². The summed E-state index contributed by atoms with van der Waals surface area (Å²) in [4.78, 5) is 0. The van der Waals surface area contributed by atoms with Crippen molar-refractivity contribution in [3.8, 4) is 0 Å². The van der Waals surface area contributed by atoms with Crippen LogP contribution in [0.15, 0.2) is 45.3 Å². The van der Waals surface area contributed by atoms with Gasteiger partial charge in [-0.05, 0) is 91.8 Å². The van der Waals surface area contributed by atoms with E-state index in [9.17, 15) is 53.8 Å². The Bertz CT molecular complexity index is 1340. The Morgan fingerprint density at radius 1 is 0.625 bits per heavy atom. The molecular weight excluding hydrogens is 828 g/mol. The highest BCUT2D eigenvalue weighted by atomic mass is 79.9. The van der Waals surface area contributed by atoms with Gasteiger partial charge in [0, 0.05) is 32.9 Å². The molecule has 0 heterocycles. The standard InChI is InChI=1S/2C15H20BrF4NO2S/c2*1-13(2,3)24(23)21-14(4,8-12(22)15(18,19)20)10-7-9(16)5-6-11(10)17/h2*5-7,12,21-22H,8H2,1-4H3/t12-,14+,24-;12-,14-,24+/m10/s1. The van der Waals surface area contributed by atoms with E-state index in [1.807, 2.05) is 0 Å². The lowest BCUT2D eigenvalue weighted by atomic mass is 9.87. The second-order valence-corrected chi connectivity index (χ2v) is 19.2. The van der Waals surface area contributed by atoms with Crippen LogP contribution in [0.25, 0.3) is 0 Å². The molecule has 0 saturated heterocycles. The van der Waals surface area contributed by atoms with E-state index in [1.54, 1.807) is 41.5 Å². The monoisotopic (exact) mass is 866 g/mol. The third-order valence-corrected chi connectivity index (χ3v) is 11.2. The smallest absolute Gasteiger partial charge is 0.384 e. The van der Waals surface area contributed by atoms with E-state index in [0.29, 0.717) is 8.95 Å². The van der Waals surface area contributed by atoms with E-state index in [0.717, 1.165) is 12.1 Å². The molecular formula is C30H40Br2F8N2O4S2. The first-order valence-corrected chi connectivity index (χ1v) is 18.0. The lowest BCUT2D eigenvalue weighted by Gasteiger charge is -2.36. The van der Waals surface area contributed by atoms with Gasteiger partial charge in [-0.15, -0.1) is 0 Å². The fourth-order valence-electron chi connectivity index (χ4n) is 3.97. The number of nitrogens with one attached hydrogen (secondary N) is 2. The van der Waals surface area contributed by atoms with Crippen LogP contribution < -0.4 is 9.44 Å². The molecule has 48 heavy (non-hydrogen) atoms. The third-order valence-electron chi connectivity index (χ3n) is 6.75. The largest absolute Gasteiger partial charge is 0.414 e. The molecule has 2 rings (SSSR count). The lowest BCUT2D eigenvalue weighted by Crippen LogP contribution is -2.50. The minimum atomic E-state index is -4.87. The maximum atomic E-state index is 14.2. The predicted octanol–water partition coefficient (Wildman–Crippen LogP) is 8.34. The molecule has 0 aromatic heterocycles. The van der Waals surface area contributed by atoms with Crippen molar-refractivity contribution in [2.45, 2.75) is 113 Å². The summed E-state index contributed by atoms with van der Waals surface area (Å²) < 4.78 is 134. The Balaban J connectivity index is 0.000000480. The summed E-state index contributed by atoms with van der Waals surface area (Å²) in [6.45, 7) is 12.4. The molecule has 18 heteroatoms. The highest BCUT2D eigenvalue weighted by Gasteiger charge is 2.47. The Hall–Kier alpha value is -1.02. The van der Waals surface area contributed by atoms with Gasteiger partial charge in [0.15, 0.2) is 12.2 Å². The zero-order valence-corrected chi connectivity index (χ0v) is 32.1. The van der Waals surface area contributed by atoms with Crippen LogP contribution in [-0.4, -0.2) is 52.7 Å². The minimum Gasteiger partial charge on any atom is -0.384 e. The predicted molar refractivity (Wildman–Crippen MR) is 178 cm³/mol. The zero-order valence-electron chi connectivity index (χ0n) is 27.3. The molecule has 0 fully saturated rings. The molecule has 0 aliphatic heterocycles. The van der Waals surface area contributed by atoms with Crippen LogP contribution in [0, 0.1) is 11.6 Å². The van der Waals surface area contributed by atoms with Crippen molar-refractivity contribution in [1.29, 1.82) is 0 Å². The van der Waals surface area contributed by atoms with Crippen LogP contribution in [-0.2, 0) is 33.0 Å². The van der Waals surface area contributed by atoms with Gasteiger partial charge in [-0.25, -0.2) is 26.6 Å². The summed E-state index contributed by atoms with van der Waals surface area (Å²) in [5.41, 5.74) is -3.61. The molecule has 6 atom stereocenters. The highest BCUT2D eigenvalue weighted by Crippen LogP contribution is 2.37. The number of aliphatic hydroxyl groups excluding tert-OH is 2. The van der Waals surface area contributed by atoms with Crippen molar-refractivity contribution in [3.05, 3.63) is 68.1 Å². The summed E-state index contributed by atoms with van der Waals surface area (Å²) in [5.74, 6) is -1.51. The minimum absolute atomic E-state index is 0.113. The first-order valence-electron chi connectivity index (χ1n) is 14.1. The maximum Gasteiger partial charge on any atom is 0.414 e. The summed E-state index contributed by atoms with van der Waals surface area (Å²) in [5, 5.41) is 18.9. The van der Waals surface area contributed by atoms with Crippen LogP contribution in [0.1, 0.15) is 79.4 Å². The van der Waals surface area contributed by atoms with Gasteiger partial charge in [-0.3, -0.25) is 0 Å². The van der Waals surface area contributed by atoms with Gasteiger partial charge in [-0.2, -0.15) is 26.3 Å². The number of hydrogen-bond donors (Lipinski definition) is 4. The Kier molecular flexibility index (Phi) is 15.5. The van der Waals surface area contributed by atoms with E-state index < -0.39 is 91.6 Å². The average Bonchev–Trinajstić information content (AvgIpc) is 2.89. The van der Waals surface area contributed by atoms with Crippen molar-refractivity contribution in [1.82, 2.24) is 9.44 Å². The van der Waals surface area contributed by atoms with Crippen molar-refractivity contribution in [2.24, 2.45) is 0 Å². The Morgan fingerprint density at radius 2 is 0.896 bits per heavy atom. The average molecular weight is 869 g/mol. The normalized spacial score (nSPS) is 18.1. The number of aliphatic hydroxyl groups is 2. The molecule has 0 saturated carbocycles. The lowest BCUT2D eigenvalue weighted by molar-refractivity contribution is -0.210. The molecule has 4 N–H and O–H groups in total. The van der Waals surface area contributed by atoms with Crippen LogP contribution in [0.3, 0.4) is 0 Å². The second kappa shape index (κ2) is 16.5. The van der Waals surface area contributed by atoms with Crippen molar-refractivity contribution in [2.75, 3.05) is 0 Å². The zero-order chi connectivity index (χ0) is 37.8. The molecule has 0 bridgehead atoms. The molecule has 0 radical (unpaired) electrons. The summed E-state index contributed by atoms with van der Waals surface area (Å²) in [7, 11) is -3.55. The van der Waals surface area contributed by atoms with Crippen molar-refractivity contribution in [3.63, 3.8) is 0 Å². The summed E-state index contributed by atoms with van der Waals surface area (Å²) in [6.07, 6.45) is -16.9. The number of hydrogen-bond acceptors (Lipinski definition) is 4. The van der Waals surface area contributed by atoms with Gasteiger partial charge in [0.05, 0.1) is 42.5 Å². The molecule has 0 amide bonds. The van der Waals surface area contributed by atoms with Crippen molar-refractivity contribution >= 4 is 53.8 Å². The molecule has 0 unspecified atom stereocenters. The number of rotatable bonds is 10. The SMILES string of the molecule is CC(C)(C)[S@@](=O)N[C@@](C)(C[C@@H](O)C(F)(F)F)c1cc(Br)ccc1F.CC(C)(C)[S@@](=O)N[C@@](C)(C[C@H](O)C(F)(F)F)c1cc(Br)ccc1F. The topological polar surface area (TPSA) is 98.7 Å². The first kappa shape index (κ1) is 45.0. The molecule has 6 nitrogen and oxygen atoms in total. The Morgan fingerprint density at radius 3 is 1.12 bits per heavy atom. The second-order valence-electron chi connectivity index (χ2n) is 13.4. The Labute approximate surface area is 297 Å². The number of alkyl halides is 6. The summed E-state index contributed by atoms with van der Waals surface area (Å²) in [6, 6.07) is 7.62. The van der Waals surface area contributed by atoms with E-state index >= 15 is 0 Å². The molecule has 0 spiro atoms. The van der Waals surface area contributed by atoms with Gasteiger partial charge in [0.2, 0.25) is 0 Å². The molecule has 276 valence electrons. The fraction of sp³-hybridized carbons (Fsp3) is 0.600. The van der Waals surface area contributed by atoms with E-state index in [2.05, 4.69) is 41.3 Å². The van der Waals surface area contributed by atoms with Crippen LogP contribution in [0.5, 0.6) is 0 Å². The summed E-state index contributed by atoms with van der Waals surface area (Å²) >= 11 is 6.29. The van der Waals surface area contributed by atoms with Gasteiger partial charge in [0.25, 0.3) is 0 Å². The van der Waals surface area contributed by atoms with Gasteiger partial charge in [0.1, 0.15) is 11.6 Å². The van der Waals surface area contributed by atoms with Gasteiger partial charge in [-0.1, -0.05) is 31.9 Å². The van der Waals surface area contributed by atoms with E-state index in [1.165, 1.54) is 38.1 Å². The first-order chi connectivity index (χ1) is 21.3. The highest BCUT2D eigenvalue weighted by molar-refractivity contribution is 9.10.